The van der Waals surface area contributed by atoms with Gasteiger partial charge in [-0.2, -0.15) is 39.5 Å². The minimum Gasteiger partial charge on any atom is -0.426 e. The molecule has 17 heteroatoms. The van der Waals surface area contributed by atoms with Gasteiger partial charge in [-0.15, -0.1) is 0 Å². The van der Waals surface area contributed by atoms with Gasteiger partial charge in [0.05, 0.1) is 16.5 Å². The van der Waals surface area contributed by atoms with Crippen LogP contribution in [-0.2, 0) is 28.4 Å². The Morgan fingerprint density at radius 2 is 1.44 bits per heavy atom. The van der Waals surface area contributed by atoms with Crippen LogP contribution in [0.3, 0.4) is 0 Å². The van der Waals surface area contributed by atoms with Gasteiger partial charge in [-0.3, -0.25) is 4.90 Å². The van der Waals surface area contributed by atoms with Gasteiger partial charge in [-0.05, 0) is 61.8 Å². The highest BCUT2D eigenvalue weighted by Crippen LogP contribution is 2.45. The highest BCUT2D eigenvalue weighted by molar-refractivity contribution is 7.81. The summed E-state index contributed by atoms with van der Waals surface area (Å²) >= 11 is 0. The third-order valence-corrected chi connectivity index (χ3v) is 10.8. The Labute approximate surface area is 257 Å². The first kappa shape index (κ1) is 34.1. The van der Waals surface area contributed by atoms with Crippen molar-refractivity contribution >= 4 is 22.8 Å². The molecular formula is C28H35F9N4O3S. The van der Waals surface area contributed by atoms with E-state index < -0.39 is 52.7 Å². The van der Waals surface area contributed by atoms with Crippen LogP contribution < -0.4 is 4.90 Å². The standard InChI is InChI=1S/C28H35F9N4O3S/c1-45(43)41-13-8-24(18-41)5-10-39(11-6-24)21-14-20(26(29,30)31)3-2-19(21)15-38-9-4-25(16-38)7-12-40(17-25)23(42)44-22(27(32,33)34)28(35,36)37/h2-3,14,22H,4-13,15-18H2,1H3. The number of anilines is 1. The largest absolute Gasteiger partial charge is 0.434 e. The Hall–Kier alpha value is -2.27. The fourth-order valence-corrected chi connectivity index (χ4v) is 8.04. The molecule has 0 radical (unpaired) electrons. The molecule has 4 aliphatic rings. The SMILES string of the molecule is CS(=O)N1CCC2(CCN(c3cc(C(F)(F)F)ccc3CN3CCC4(CCN(C(=O)OC(C(F)(F)F)C(F)(F)F)C4)C3)CC2)C1. The van der Waals surface area contributed by atoms with Crippen LogP contribution in [0.5, 0.6) is 0 Å². The van der Waals surface area contributed by atoms with E-state index in [9.17, 15) is 48.5 Å². The van der Waals surface area contributed by atoms with E-state index in [2.05, 4.69) is 4.74 Å². The normalized spacial score (nSPS) is 25.7. The van der Waals surface area contributed by atoms with Crippen molar-refractivity contribution in [3.8, 4) is 0 Å². The Morgan fingerprint density at radius 3 is 2.02 bits per heavy atom. The number of nitrogens with zero attached hydrogens (tertiary/aromatic N) is 4. The third-order valence-electron chi connectivity index (χ3n) is 9.77. The van der Waals surface area contributed by atoms with Gasteiger partial charge in [0.15, 0.2) is 0 Å². The molecule has 254 valence electrons. The smallest absolute Gasteiger partial charge is 0.426 e. The lowest BCUT2D eigenvalue weighted by Gasteiger charge is -2.41. The Morgan fingerprint density at radius 1 is 0.844 bits per heavy atom. The molecule has 2 atom stereocenters. The first-order valence-corrected chi connectivity index (χ1v) is 16.2. The van der Waals surface area contributed by atoms with Crippen LogP contribution in [0, 0.1) is 10.8 Å². The van der Waals surface area contributed by atoms with Gasteiger partial charge in [0.2, 0.25) is 0 Å². The third kappa shape index (κ3) is 7.50. The second-order valence-corrected chi connectivity index (χ2v) is 14.2. The highest BCUT2D eigenvalue weighted by Gasteiger charge is 2.60. The van der Waals surface area contributed by atoms with Crippen LogP contribution in [-0.4, -0.2) is 101 Å². The summed E-state index contributed by atoms with van der Waals surface area (Å²) in [6.45, 7) is 3.47. The predicted molar refractivity (Wildman–Crippen MR) is 146 cm³/mol. The summed E-state index contributed by atoms with van der Waals surface area (Å²) in [6, 6.07) is 3.65. The Bertz CT molecular complexity index is 1270. The molecule has 1 aromatic carbocycles. The monoisotopic (exact) mass is 678 g/mol. The number of carbonyl (C=O) groups is 1. The zero-order valence-corrected chi connectivity index (χ0v) is 25.3. The molecule has 5 rings (SSSR count). The van der Waals surface area contributed by atoms with Crippen molar-refractivity contribution in [1.29, 1.82) is 0 Å². The lowest BCUT2D eigenvalue weighted by molar-refractivity contribution is -0.308. The van der Waals surface area contributed by atoms with Gasteiger partial charge in [0, 0.05) is 69.7 Å². The number of benzene rings is 1. The average molecular weight is 679 g/mol. The number of carbonyl (C=O) groups excluding carboxylic acids is 1. The number of hydrogen-bond donors (Lipinski definition) is 0. The van der Waals surface area contributed by atoms with Crippen molar-refractivity contribution in [3.63, 3.8) is 0 Å². The average Bonchev–Trinajstić information content (AvgIpc) is 3.65. The molecule has 0 saturated carbocycles. The molecule has 45 heavy (non-hydrogen) atoms. The van der Waals surface area contributed by atoms with E-state index in [0.717, 1.165) is 42.8 Å². The van der Waals surface area contributed by atoms with Gasteiger partial charge >= 0.3 is 24.6 Å². The van der Waals surface area contributed by atoms with Crippen LogP contribution in [0.1, 0.15) is 43.2 Å². The van der Waals surface area contributed by atoms with Crippen LogP contribution in [0.4, 0.5) is 50.0 Å². The molecule has 0 aromatic heterocycles. The first-order chi connectivity index (χ1) is 20.8. The van der Waals surface area contributed by atoms with Crippen LogP contribution in [0.15, 0.2) is 18.2 Å². The molecule has 2 spiro atoms. The number of rotatable bonds is 5. The molecule has 0 bridgehead atoms. The number of halogens is 9. The maximum atomic E-state index is 13.7. The number of amides is 1. The topological polar surface area (TPSA) is 56.3 Å². The minimum absolute atomic E-state index is 0.0268. The van der Waals surface area contributed by atoms with E-state index in [-0.39, 0.29) is 25.0 Å². The van der Waals surface area contributed by atoms with Crippen LogP contribution >= 0.6 is 0 Å². The van der Waals surface area contributed by atoms with Gasteiger partial charge in [-0.25, -0.2) is 13.3 Å². The summed E-state index contributed by atoms with van der Waals surface area (Å²) in [4.78, 5) is 17.1. The quantitative estimate of drug-likeness (QED) is 0.368. The van der Waals surface area contributed by atoms with Crippen molar-refractivity contribution in [2.24, 2.45) is 10.8 Å². The number of piperidine rings is 1. The molecule has 0 N–H and O–H groups in total. The minimum atomic E-state index is -5.81. The lowest BCUT2D eigenvalue weighted by Crippen LogP contribution is -2.48. The number of likely N-dealkylation sites (tertiary alicyclic amines) is 2. The van der Waals surface area contributed by atoms with E-state index in [4.69, 9.17) is 0 Å². The fraction of sp³-hybridized carbons (Fsp3) is 0.750. The summed E-state index contributed by atoms with van der Waals surface area (Å²) in [6.07, 6.45) is -17.2. The fourth-order valence-electron chi connectivity index (χ4n) is 7.23. The summed E-state index contributed by atoms with van der Waals surface area (Å²) in [5, 5.41) is 0. The molecule has 4 aliphatic heterocycles. The number of hydrogen-bond acceptors (Lipinski definition) is 5. The maximum absolute atomic E-state index is 13.7. The number of alkyl halides is 9. The molecule has 0 aliphatic carbocycles. The van der Waals surface area contributed by atoms with E-state index in [1.807, 2.05) is 14.1 Å². The number of ether oxygens (including phenoxy) is 1. The van der Waals surface area contributed by atoms with Crippen molar-refractivity contribution in [1.82, 2.24) is 14.1 Å². The van der Waals surface area contributed by atoms with Gasteiger partial charge < -0.3 is 14.5 Å². The molecule has 1 amide bonds. The summed E-state index contributed by atoms with van der Waals surface area (Å²) in [7, 11) is -1.08. The molecule has 4 saturated heterocycles. The van der Waals surface area contributed by atoms with Crippen molar-refractivity contribution in [2.45, 2.75) is 63.3 Å². The van der Waals surface area contributed by atoms with Crippen molar-refractivity contribution < 1.29 is 53.3 Å². The first-order valence-electron chi connectivity index (χ1n) is 14.6. The lowest BCUT2D eigenvalue weighted by atomic mass is 9.77. The summed E-state index contributed by atoms with van der Waals surface area (Å²) in [5.74, 6) is 0. The molecular weight excluding hydrogens is 643 g/mol. The van der Waals surface area contributed by atoms with E-state index in [0.29, 0.717) is 56.8 Å². The zero-order chi connectivity index (χ0) is 33.0. The zero-order valence-electron chi connectivity index (χ0n) is 24.5. The van der Waals surface area contributed by atoms with Gasteiger partial charge in [0.25, 0.3) is 6.10 Å². The van der Waals surface area contributed by atoms with E-state index in [1.165, 1.54) is 6.07 Å². The second kappa shape index (κ2) is 12.1. The molecule has 4 heterocycles. The van der Waals surface area contributed by atoms with Gasteiger partial charge in [-0.1, -0.05) is 6.07 Å². The van der Waals surface area contributed by atoms with E-state index in [1.54, 1.807) is 6.26 Å². The Balaban J connectivity index is 1.25. The molecule has 4 fully saturated rings. The van der Waals surface area contributed by atoms with Crippen molar-refractivity contribution in [2.75, 3.05) is 63.5 Å². The highest BCUT2D eigenvalue weighted by atomic mass is 32.2. The van der Waals surface area contributed by atoms with Crippen molar-refractivity contribution in [3.05, 3.63) is 29.3 Å². The summed E-state index contributed by atoms with van der Waals surface area (Å²) < 4.78 is 136. The van der Waals surface area contributed by atoms with Gasteiger partial charge in [0.1, 0.15) is 0 Å². The molecule has 2 unspecified atom stereocenters. The molecule has 1 aromatic rings. The molecule has 7 nitrogen and oxygen atoms in total. The summed E-state index contributed by atoms with van der Waals surface area (Å²) in [5.41, 5.74) is -0.236. The predicted octanol–water partition coefficient (Wildman–Crippen LogP) is 5.82. The van der Waals surface area contributed by atoms with E-state index >= 15 is 0 Å². The van der Waals surface area contributed by atoms with Crippen LogP contribution in [0.2, 0.25) is 0 Å². The second-order valence-electron chi connectivity index (χ2n) is 12.8. The van der Waals surface area contributed by atoms with Crippen LogP contribution in [0.25, 0.3) is 0 Å². The maximum Gasteiger partial charge on any atom is 0.434 e. The Kier molecular flexibility index (Phi) is 9.14.